The smallest absolute Gasteiger partial charge is 0.0669 e. The summed E-state index contributed by atoms with van der Waals surface area (Å²) in [5.41, 5.74) is 4.23. The summed E-state index contributed by atoms with van der Waals surface area (Å²) in [5, 5.41) is 8.45. The Morgan fingerprint density at radius 1 is 1.22 bits per heavy atom. The van der Waals surface area contributed by atoms with Gasteiger partial charge >= 0.3 is 0 Å². The lowest BCUT2D eigenvalue weighted by Crippen LogP contribution is -2.17. The van der Waals surface area contributed by atoms with Crippen LogP contribution in [0, 0.1) is 0 Å². The van der Waals surface area contributed by atoms with Crippen LogP contribution in [-0.4, -0.2) is 15.8 Å². The quantitative estimate of drug-likeness (QED) is 0.767. The lowest BCUT2D eigenvalue weighted by molar-refractivity contribution is 0.545. The minimum Gasteiger partial charge on any atom is -0.310 e. The second-order valence-corrected chi connectivity index (χ2v) is 5.31. The van der Waals surface area contributed by atoms with E-state index in [1.807, 2.05) is 0 Å². The van der Waals surface area contributed by atoms with Crippen molar-refractivity contribution in [2.24, 2.45) is 0 Å². The minimum absolute atomic E-state index is 0.776. The predicted octanol–water partition coefficient (Wildman–Crippen LogP) is 3.06. The van der Waals surface area contributed by atoms with E-state index in [-0.39, 0.29) is 0 Å². The number of nitrogens with one attached hydrogen (secondary N) is 1. The van der Waals surface area contributed by atoms with E-state index in [1.165, 1.54) is 42.6 Å². The largest absolute Gasteiger partial charge is 0.310 e. The molecular weight excluding hydrogens is 222 g/mol. The molecule has 3 heteroatoms. The third kappa shape index (κ3) is 3.14. The van der Waals surface area contributed by atoms with Crippen molar-refractivity contribution in [2.45, 2.75) is 78.4 Å². The van der Waals surface area contributed by atoms with Gasteiger partial charge in [0, 0.05) is 30.4 Å². The van der Waals surface area contributed by atoms with Gasteiger partial charge in [0.15, 0.2) is 0 Å². The topological polar surface area (TPSA) is 29.9 Å². The Labute approximate surface area is 111 Å². The van der Waals surface area contributed by atoms with E-state index in [2.05, 4.69) is 30.8 Å². The van der Waals surface area contributed by atoms with Crippen LogP contribution in [0.15, 0.2) is 0 Å². The van der Waals surface area contributed by atoms with Crippen LogP contribution in [0.25, 0.3) is 0 Å². The van der Waals surface area contributed by atoms with E-state index < -0.39 is 0 Å². The molecule has 0 atom stereocenters. The third-order valence-electron chi connectivity index (χ3n) is 3.79. The van der Waals surface area contributed by atoms with Gasteiger partial charge in [-0.2, -0.15) is 5.10 Å². The molecule has 0 radical (unpaired) electrons. The van der Waals surface area contributed by atoms with Gasteiger partial charge in [0.2, 0.25) is 0 Å². The van der Waals surface area contributed by atoms with Gasteiger partial charge in [0.05, 0.1) is 5.69 Å². The summed E-state index contributed by atoms with van der Waals surface area (Å²) in [6.07, 6.45) is 7.32. The zero-order valence-corrected chi connectivity index (χ0v) is 12.1. The predicted molar refractivity (Wildman–Crippen MR) is 75.8 cm³/mol. The Hall–Kier alpha value is -0.830. The van der Waals surface area contributed by atoms with Crippen molar-refractivity contribution < 1.29 is 0 Å². The molecule has 0 bridgehead atoms. The summed E-state index contributed by atoms with van der Waals surface area (Å²) in [4.78, 5) is 0. The van der Waals surface area contributed by atoms with Gasteiger partial charge in [0.1, 0.15) is 0 Å². The SMILES string of the molecule is CCCCn1nc(CC)c(CNC2CC2)c1CC. The molecule has 0 spiro atoms. The Bertz CT molecular complexity index is 377. The molecule has 1 fully saturated rings. The maximum absolute atomic E-state index is 4.81. The first-order valence-electron chi connectivity index (χ1n) is 7.60. The summed E-state index contributed by atoms with van der Waals surface area (Å²) in [6.45, 7) is 8.80. The number of nitrogens with zero attached hydrogens (tertiary/aromatic N) is 2. The van der Waals surface area contributed by atoms with Crippen LogP contribution >= 0.6 is 0 Å². The van der Waals surface area contributed by atoms with Gasteiger partial charge in [-0.1, -0.05) is 27.2 Å². The van der Waals surface area contributed by atoms with Crippen molar-refractivity contribution in [3.05, 3.63) is 17.0 Å². The van der Waals surface area contributed by atoms with E-state index in [1.54, 1.807) is 0 Å². The zero-order valence-electron chi connectivity index (χ0n) is 12.1. The molecule has 18 heavy (non-hydrogen) atoms. The zero-order chi connectivity index (χ0) is 13.0. The summed E-state index contributed by atoms with van der Waals surface area (Å²) < 4.78 is 2.26. The lowest BCUT2D eigenvalue weighted by Gasteiger charge is -2.08. The normalized spacial score (nSPS) is 15.3. The molecule has 3 nitrogen and oxygen atoms in total. The molecule has 1 aromatic rings. The Balaban J connectivity index is 2.13. The second kappa shape index (κ2) is 6.37. The average molecular weight is 249 g/mol. The first-order valence-corrected chi connectivity index (χ1v) is 7.60. The summed E-state index contributed by atoms with van der Waals surface area (Å²) in [7, 11) is 0. The van der Waals surface area contributed by atoms with Gasteiger partial charge in [-0.3, -0.25) is 4.68 Å². The van der Waals surface area contributed by atoms with E-state index in [4.69, 9.17) is 5.10 Å². The maximum Gasteiger partial charge on any atom is 0.0669 e. The molecule has 0 aliphatic heterocycles. The lowest BCUT2D eigenvalue weighted by atomic mass is 10.1. The summed E-state index contributed by atoms with van der Waals surface area (Å²) in [6, 6.07) is 0.776. The van der Waals surface area contributed by atoms with Crippen molar-refractivity contribution in [3.8, 4) is 0 Å². The first kappa shape index (κ1) is 13.6. The number of unbranched alkanes of at least 4 members (excludes halogenated alkanes) is 1. The van der Waals surface area contributed by atoms with E-state index in [9.17, 15) is 0 Å². The van der Waals surface area contributed by atoms with Crippen LogP contribution < -0.4 is 5.32 Å². The Morgan fingerprint density at radius 2 is 2.00 bits per heavy atom. The Kier molecular flexibility index (Phi) is 4.81. The van der Waals surface area contributed by atoms with Crippen molar-refractivity contribution in [2.75, 3.05) is 0 Å². The fraction of sp³-hybridized carbons (Fsp3) is 0.800. The monoisotopic (exact) mass is 249 g/mol. The van der Waals surface area contributed by atoms with Crippen LogP contribution in [0.4, 0.5) is 0 Å². The van der Waals surface area contributed by atoms with Gasteiger partial charge < -0.3 is 5.32 Å². The molecule has 1 N–H and O–H groups in total. The highest BCUT2D eigenvalue weighted by molar-refractivity contribution is 5.27. The number of hydrogen-bond acceptors (Lipinski definition) is 2. The van der Waals surface area contributed by atoms with Crippen LogP contribution in [0.5, 0.6) is 0 Å². The molecule has 1 heterocycles. The summed E-state index contributed by atoms with van der Waals surface area (Å²) in [5.74, 6) is 0. The van der Waals surface area contributed by atoms with Crippen LogP contribution in [0.3, 0.4) is 0 Å². The van der Waals surface area contributed by atoms with Crippen LogP contribution in [-0.2, 0) is 25.9 Å². The molecule has 0 amide bonds. The standard InChI is InChI=1S/C15H27N3/c1-4-7-10-18-15(6-3)13(14(5-2)17-18)11-16-12-8-9-12/h12,16H,4-11H2,1-3H3. The van der Waals surface area contributed by atoms with Gasteiger partial charge in [-0.25, -0.2) is 0 Å². The van der Waals surface area contributed by atoms with Crippen molar-refractivity contribution in [1.29, 1.82) is 0 Å². The first-order chi connectivity index (χ1) is 8.80. The average Bonchev–Trinajstić information content (AvgIpc) is 3.15. The summed E-state index contributed by atoms with van der Waals surface area (Å²) >= 11 is 0. The van der Waals surface area contributed by atoms with Gasteiger partial charge in [0.25, 0.3) is 0 Å². The highest BCUT2D eigenvalue weighted by atomic mass is 15.3. The maximum atomic E-state index is 4.81. The second-order valence-electron chi connectivity index (χ2n) is 5.31. The minimum atomic E-state index is 0.776. The molecule has 102 valence electrons. The third-order valence-corrected chi connectivity index (χ3v) is 3.79. The molecule has 0 saturated heterocycles. The number of rotatable bonds is 8. The van der Waals surface area contributed by atoms with Crippen LogP contribution in [0.1, 0.15) is 63.4 Å². The number of aromatic nitrogens is 2. The van der Waals surface area contributed by atoms with E-state index in [0.29, 0.717) is 0 Å². The molecule has 1 saturated carbocycles. The van der Waals surface area contributed by atoms with Gasteiger partial charge in [-0.05, 0) is 32.1 Å². The van der Waals surface area contributed by atoms with Crippen molar-refractivity contribution in [1.82, 2.24) is 15.1 Å². The van der Waals surface area contributed by atoms with E-state index in [0.717, 1.165) is 32.0 Å². The molecule has 2 rings (SSSR count). The van der Waals surface area contributed by atoms with Crippen LogP contribution in [0.2, 0.25) is 0 Å². The highest BCUT2D eigenvalue weighted by Crippen LogP contribution is 2.22. The molecule has 1 aliphatic rings. The number of hydrogen-bond donors (Lipinski definition) is 1. The molecule has 1 aromatic heterocycles. The number of aryl methyl sites for hydroxylation is 2. The molecule has 0 unspecified atom stereocenters. The van der Waals surface area contributed by atoms with E-state index >= 15 is 0 Å². The fourth-order valence-electron chi connectivity index (χ4n) is 2.50. The molecule has 1 aliphatic carbocycles. The Morgan fingerprint density at radius 3 is 2.56 bits per heavy atom. The van der Waals surface area contributed by atoms with Crippen molar-refractivity contribution >= 4 is 0 Å². The molecule has 0 aromatic carbocycles. The fourth-order valence-corrected chi connectivity index (χ4v) is 2.50. The highest BCUT2D eigenvalue weighted by Gasteiger charge is 2.22. The van der Waals surface area contributed by atoms with Crippen molar-refractivity contribution in [3.63, 3.8) is 0 Å². The van der Waals surface area contributed by atoms with Gasteiger partial charge in [-0.15, -0.1) is 0 Å². The molecular formula is C15H27N3.